The van der Waals surface area contributed by atoms with Crippen LogP contribution in [0.2, 0.25) is 0 Å². The average Bonchev–Trinajstić information content (AvgIpc) is 3.08. The van der Waals surface area contributed by atoms with Gasteiger partial charge in [-0.3, -0.25) is 4.79 Å². The van der Waals surface area contributed by atoms with Crippen LogP contribution in [0.4, 0.5) is 0 Å². The molecule has 0 saturated carbocycles. The zero-order chi connectivity index (χ0) is 19.1. The highest BCUT2D eigenvalue weighted by Crippen LogP contribution is 2.32. The normalized spacial score (nSPS) is 21.9. The van der Waals surface area contributed by atoms with E-state index in [1.165, 1.54) is 11.3 Å². The van der Waals surface area contributed by atoms with Gasteiger partial charge in [-0.1, -0.05) is 0 Å². The molecule has 6 nitrogen and oxygen atoms in total. The first kappa shape index (κ1) is 17.9. The summed E-state index contributed by atoms with van der Waals surface area (Å²) in [5, 5.41) is 3.37. The number of hydrogen-bond donors (Lipinski definition) is 1. The zero-order valence-electron chi connectivity index (χ0n) is 16.6. The lowest BCUT2D eigenvalue weighted by Crippen LogP contribution is -2.40. The Kier molecular flexibility index (Phi) is 4.67. The molecule has 2 aromatic rings. The highest BCUT2D eigenvalue weighted by Gasteiger charge is 2.32. The van der Waals surface area contributed by atoms with E-state index in [0.29, 0.717) is 6.54 Å². The first-order valence-electron chi connectivity index (χ1n) is 10.7. The van der Waals surface area contributed by atoms with Gasteiger partial charge in [-0.25, -0.2) is 9.97 Å². The molecule has 0 radical (unpaired) electrons. The van der Waals surface area contributed by atoms with Crippen LogP contribution in [0.1, 0.15) is 76.1 Å². The molecule has 0 spiro atoms. The van der Waals surface area contributed by atoms with Crippen molar-refractivity contribution in [2.75, 3.05) is 19.6 Å². The summed E-state index contributed by atoms with van der Waals surface area (Å²) in [7, 11) is 0. The van der Waals surface area contributed by atoms with Gasteiger partial charge < -0.3 is 14.6 Å². The van der Waals surface area contributed by atoms with Gasteiger partial charge in [0.15, 0.2) is 0 Å². The minimum Gasteiger partial charge on any atom is -0.465 e. The summed E-state index contributed by atoms with van der Waals surface area (Å²) < 4.78 is 5.94. The van der Waals surface area contributed by atoms with Crippen LogP contribution in [0.25, 0.3) is 0 Å². The van der Waals surface area contributed by atoms with Crippen molar-refractivity contribution >= 4 is 5.91 Å². The molecule has 3 aliphatic rings. The maximum atomic E-state index is 13.4. The van der Waals surface area contributed by atoms with E-state index in [9.17, 15) is 4.79 Å². The molecular weight excluding hydrogens is 352 g/mol. The molecule has 2 aromatic heterocycles. The van der Waals surface area contributed by atoms with Crippen molar-refractivity contribution in [1.82, 2.24) is 20.2 Å². The van der Waals surface area contributed by atoms with Crippen molar-refractivity contribution in [1.29, 1.82) is 0 Å². The van der Waals surface area contributed by atoms with E-state index >= 15 is 0 Å². The number of nitrogens with zero attached hydrogens (tertiary/aromatic N) is 3. The number of aryl methyl sites for hydroxylation is 2. The summed E-state index contributed by atoms with van der Waals surface area (Å²) in [5.41, 5.74) is 4.37. The van der Waals surface area contributed by atoms with E-state index in [-0.39, 0.29) is 11.8 Å². The van der Waals surface area contributed by atoms with Crippen LogP contribution in [-0.2, 0) is 25.8 Å². The Bertz CT molecular complexity index is 904. The number of carbonyl (C=O) groups is 1. The van der Waals surface area contributed by atoms with Gasteiger partial charge in [0.25, 0.3) is 5.91 Å². The molecule has 0 bridgehead atoms. The van der Waals surface area contributed by atoms with Crippen molar-refractivity contribution in [2.24, 2.45) is 0 Å². The third kappa shape index (κ3) is 3.13. The van der Waals surface area contributed by atoms with Crippen LogP contribution in [0.15, 0.2) is 10.6 Å². The average molecular weight is 380 g/mol. The van der Waals surface area contributed by atoms with Crippen LogP contribution in [0.5, 0.6) is 0 Å². The maximum Gasteiger partial charge on any atom is 0.257 e. The van der Waals surface area contributed by atoms with Crippen molar-refractivity contribution in [3.8, 4) is 0 Å². The Labute approximate surface area is 165 Å². The largest absolute Gasteiger partial charge is 0.465 e. The van der Waals surface area contributed by atoms with Crippen LogP contribution in [0, 0.1) is 6.92 Å². The van der Waals surface area contributed by atoms with Crippen LogP contribution in [0.3, 0.4) is 0 Å². The topological polar surface area (TPSA) is 71.3 Å². The quantitative estimate of drug-likeness (QED) is 0.867. The van der Waals surface area contributed by atoms with Gasteiger partial charge in [0.2, 0.25) is 0 Å². The number of likely N-dealkylation sites (tertiary alicyclic amines) is 1. The number of piperidine rings is 1. The van der Waals surface area contributed by atoms with Gasteiger partial charge >= 0.3 is 0 Å². The summed E-state index contributed by atoms with van der Waals surface area (Å²) in [5.74, 6) is 3.09. The molecule has 6 heteroatoms. The Morgan fingerprint density at radius 3 is 3.07 bits per heavy atom. The number of carbonyl (C=O) groups excluding carboxylic acids is 1. The maximum absolute atomic E-state index is 13.4. The van der Waals surface area contributed by atoms with Crippen molar-refractivity contribution < 1.29 is 9.21 Å². The fourth-order valence-electron chi connectivity index (χ4n) is 4.96. The minimum absolute atomic E-state index is 0.135. The molecule has 4 heterocycles. The molecule has 148 valence electrons. The number of furan rings is 1. The molecule has 1 amide bonds. The number of hydrogen-bond acceptors (Lipinski definition) is 5. The fraction of sp³-hybridized carbons (Fsp3) is 0.591. The number of fused-ring (bicyclic) bond motifs is 2. The van der Waals surface area contributed by atoms with Gasteiger partial charge in [0, 0.05) is 68.0 Å². The fourth-order valence-corrected chi connectivity index (χ4v) is 4.96. The molecule has 1 N–H and O–H groups in total. The van der Waals surface area contributed by atoms with Gasteiger partial charge in [0.05, 0.1) is 5.56 Å². The van der Waals surface area contributed by atoms with E-state index in [0.717, 1.165) is 93.1 Å². The molecule has 1 aliphatic carbocycles. The monoisotopic (exact) mass is 380 g/mol. The Balaban J connectivity index is 1.37. The Morgan fingerprint density at radius 2 is 2.14 bits per heavy atom. The van der Waals surface area contributed by atoms with Crippen LogP contribution in [-0.4, -0.2) is 40.4 Å². The van der Waals surface area contributed by atoms with E-state index in [2.05, 4.69) is 10.3 Å². The third-order valence-corrected chi connectivity index (χ3v) is 6.46. The molecule has 1 saturated heterocycles. The minimum atomic E-state index is 0.135. The second-order valence-corrected chi connectivity index (χ2v) is 8.36. The summed E-state index contributed by atoms with van der Waals surface area (Å²) in [4.78, 5) is 24.9. The lowest BCUT2D eigenvalue weighted by molar-refractivity contribution is 0.0701. The summed E-state index contributed by atoms with van der Waals surface area (Å²) in [6.07, 6.45) is 9.21. The standard InChI is InChI=1S/C22H28N4O2/c1-14-20(17-6-2-3-7-19(17)28-14)22(27)26-10-4-5-15(13-26)21-24-12-16-11-23-9-8-18(16)25-21/h12,15,23H,2-11,13H2,1H3/t15-/m0/s1. The van der Waals surface area contributed by atoms with Crippen LogP contribution >= 0.6 is 0 Å². The number of rotatable bonds is 2. The van der Waals surface area contributed by atoms with Gasteiger partial charge in [-0.2, -0.15) is 0 Å². The van der Waals surface area contributed by atoms with Crippen molar-refractivity contribution in [3.05, 3.63) is 45.9 Å². The molecule has 5 rings (SSSR count). The number of amides is 1. The second kappa shape index (κ2) is 7.32. The SMILES string of the molecule is Cc1oc2c(c1C(=O)N1CCC[C@H](c3ncc4c(n3)CCNC4)C1)CCCC2. The van der Waals surface area contributed by atoms with Gasteiger partial charge in [0.1, 0.15) is 17.3 Å². The van der Waals surface area contributed by atoms with E-state index in [1.54, 1.807) is 0 Å². The first-order chi connectivity index (χ1) is 13.7. The van der Waals surface area contributed by atoms with Gasteiger partial charge in [-0.05, 0) is 39.0 Å². The molecule has 2 aliphatic heterocycles. The molecular formula is C22H28N4O2. The molecule has 1 fully saturated rings. The Morgan fingerprint density at radius 1 is 1.25 bits per heavy atom. The van der Waals surface area contributed by atoms with Crippen molar-refractivity contribution in [2.45, 2.75) is 64.3 Å². The Hall–Kier alpha value is -2.21. The van der Waals surface area contributed by atoms with Crippen molar-refractivity contribution in [3.63, 3.8) is 0 Å². The predicted molar refractivity (Wildman–Crippen MR) is 105 cm³/mol. The molecule has 1 atom stereocenters. The number of nitrogens with one attached hydrogen (secondary N) is 1. The highest BCUT2D eigenvalue weighted by atomic mass is 16.3. The van der Waals surface area contributed by atoms with Crippen LogP contribution < -0.4 is 5.32 Å². The smallest absolute Gasteiger partial charge is 0.257 e. The lowest BCUT2D eigenvalue weighted by atomic mass is 9.92. The summed E-state index contributed by atoms with van der Waals surface area (Å²) >= 11 is 0. The second-order valence-electron chi connectivity index (χ2n) is 8.36. The van der Waals surface area contributed by atoms with E-state index in [1.807, 2.05) is 18.0 Å². The first-order valence-corrected chi connectivity index (χ1v) is 10.7. The van der Waals surface area contributed by atoms with E-state index in [4.69, 9.17) is 9.40 Å². The molecule has 0 unspecified atom stereocenters. The predicted octanol–water partition coefficient (Wildman–Crippen LogP) is 2.92. The van der Waals surface area contributed by atoms with E-state index < -0.39 is 0 Å². The molecule has 28 heavy (non-hydrogen) atoms. The van der Waals surface area contributed by atoms with Gasteiger partial charge in [-0.15, -0.1) is 0 Å². The summed E-state index contributed by atoms with van der Waals surface area (Å²) in [6.45, 7) is 5.28. The third-order valence-electron chi connectivity index (χ3n) is 6.46. The zero-order valence-corrected chi connectivity index (χ0v) is 16.6. The lowest BCUT2D eigenvalue weighted by Gasteiger charge is -2.32. The summed E-state index contributed by atoms with van der Waals surface area (Å²) in [6, 6.07) is 0. The molecule has 0 aromatic carbocycles. The highest BCUT2D eigenvalue weighted by molar-refractivity contribution is 5.97. The number of aromatic nitrogens is 2.